The summed E-state index contributed by atoms with van der Waals surface area (Å²) in [5, 5.41) is 6.65. The van der Waals surface area contributed by atoms with Crippen molar-refractivity contribution in [3.8, 4) is 0 Å². The van der Waals surface area contributed by atoms with Crippen LogP contribution in [0.1, 0.15) is 56.7 Å². The van der Waals surface area contributed by atoms with Crippen LogP contribution < -0.4 is 10.6 Å². The van der Waals surface area contributed by atoms with Gasteiger partial charge in [-0.25, -0.2) is 4.79 Å². The number of alkyl carbamates (subject to hydrolysis) is 1. The first-order valence-electron chi connectivity index (χ1n) is 8.54. The maximum atomic E-state index is 12.0. The fourth-order valence-electron chi connectivity index (χ4n) is 3.20. The molecular weight excluding hydrogens is 288 g/mol. The summed E-state index contributed by atoms with van der Waals surface area (Å²) in [4.78, 5) is 12.0. The molecule has 4 heteroatoms. The first-order chi connectivity index (χ1) is 10.8. The smallest absolute Gasteiger partial charge is 0.407 e. The van der Waals surface area contributed by atoms with Gasteiger partial charge in [0.15, 0.2) is 0 Å². The minimum absolute atomic E-state index is 0.147. The molecule has 1 aromatic carbocycles. The average Bonchev–Trinajstić information content (AvgIpc) is 2.83. The molecule has 0 radical (unpaired) electrons. The van der Waals surface area contributed by atoms with Gasteiger partial charge in [-0.1, -0.05) is 18.2 Å². The summed E-state index contributed by atoms with van der Waals surface area (Å²) in [6, 6.07) is 6.84. The van der Waals surface area contributed by atoms with Crippen LogP contribution in [0.25, 0.3) is 0 Å². The number of carbonyl (C=O) groups excluding carboxylic acids is 1. The third-order valence-corrected chi connectivity index (χ3v) is 4.40. The van der Waals surface area contributed by atoms with Crippen LogP contribution in [0, 0.1) is 13.8 Å². The van der Waals surface area contributed by atoms with Crippen molar-refractivity contribution in [2.45, 2.75) is 78.1 Å². The third-order valence-electron chi connectivity index (χ3n) is 4.40. The van der Waals surface area contributed by atoms with E-state index < -0.39 is 5.60 Å². The largest absolute Gasteiger partial charge is 0.444 e. The van der Waals surface area contributed by atoms with Crippen molar-refractivity contribution in [2.24, 2.45) is 0 Å². The van der Waals surface area contributed by atoms with Crippen LogP contribution in [-0.4, -0.2) is 23.8 Å². The quantitative estimate of drug-likeness (QED) is 0.887. The molecule has 1 aromatic rings. The molecule has 2 rings (SSSR count). The molecule has 1 aliphatic carbocycles. The van der Waals surface area contributed by atoms with Gasteiger partial charge >= 0.3 is 6.09 Å². The highest BCUT2D eigenvalue weighted by atomic mass is 16.6. The number of rotatable bonds is 4. The number of amides is 1. The molecule has 1 fully saturated rings. The number of hydrogen-bond donors (Lipinski definition) is 2. The number of ether oxygens (including phenoxy) is 1. The standard InChI is InChI=1S/C19H30N2O2/c1-13-8-6-9-14(2)15(13)12-20-16-10-7-11-17(16)21-18(22)23-19(3,4)5/h6,8-9,16-17,20H,7,10-12H2,1-5H3,(H,21,22). The second kappa shape index (κ2) is 7.35. The van der Waals surface area contributed by atoms with Crippen molar-refractivity contribution in [3.63, 3.8) is 0 Å². The van der Waals surface area contributed by atoms with Crippen LogP contribution in [0.3, 0.4) is 0 Å². The van der Waals surface area contributed by atoms with Gasteiger partial charge in [-0.3, -0.25) is 0 Å². The lowest BCUT2D eigenvalue weighted by Gasteiger charge is -2.26. The Kier molecular flexibility index (Phi) is 5.69. The molecule has 0 heterocycles. The molecule has 2 unspecified atom stereocenters. The molecule has 0 bridgehead atoms. The van der Waals surface area contributed by atoms with E-state index in [0.29, 0.717) is 6.04 Å². The molecule has 0 aliphatic heterocycles. The van der Waals surface area contributed by atoms with Crippen molar-refractivity contribution in [2.75, 3.05) is 0 Å². The van der Waals surface area contributed by atoms with Crippen LogP contribution in [-0.2, 0) is 11.3 Å². The van der Waals surface area contributed by atoms with Crippen LogP contribution in [0.15, 0.2) is 18.2 Å². The Balaban J connectivity index is 1.91. The van der Waals surface area contributed by atoms with E-state index in [1.54, 1.807) is 0 Å². The summed E-state index contributed by atoms with van der Waals surface area (Å²) >= 11 is 0. The first-order valence-corrected chi connectivity index (χ1v) is 8.54. The molecular formula is C19H30N2O2. The van der Waals surface area contributed by atoms with Gasteiger partial charge in [-0.2, -0.15) is 0 Å². The van der Waals surface area contributed by atoms with Gasteiger partial charge in [-0.15, -0.1) is 0 Å². The lowest BCUT2D eigenvalue weighted by atomic mass is 10.0. The van der Waals surface area contributed by atoms with E-state index in [0.717, 1.165) is 25.8 Å². The maximum absolute atomic E-state index is 12.0. The Morgan fingerprint density at radius 3 is 2.39 bits per heavy atom. The highest BCUT2D eigenvalue weighted by Gasteiger charge is 2.29. The first kappa shape index (κ1) is 17.8. The SMILES string of the molecule is Cc1cccc(C)c1CNC1CCCC1NC(=O)OC(C)(C)C. The minimum Gasteiger partial charge on any atom is -0.444 e. The predicted molar refractivity (Wildman–Crippen MR) is 93.6 cm³/mol. The zero-order chi connectivity index (χ0) is 17.0. The lowest BCUT2D eigenvalue weighted by Crippen LogP contribution is -2.47. The molecule has 2 N–H and O–H groups in total. The number of benzene rings is 1. The summed E-state index contributed by atoms with van der Waals surface area (Å²) in [5.74, 6) is 0. The number of aryl methyl sites for hydroxylation is 2. The van der Waals surface area contributed by atoms with Gasteiger partial charge in [0.25, 0.3) is 0 Å². The highest BCUT2D eigenvalue weighted by molar-refractivity contribution is 5.68. The van der Waals surface area contributed by atoms with Crippen molar-refractivity contribution in [1.29, 1.82) is 0 Å². The molecule has 0 spiro atoms. The molecule has 1 saturated carbocycles. The molecule has 0 saturated heterocycles. The molecule has 0 aromatic heterocycles. The fourth-order valence-corrected chi connectivity index (χ4v) is 3.20. The molecule has 2 atom stereocenters. The van der Waals surface area contributed by atoms with Gasteiger partial charge in [0.2, 0.25) is 0 Å². The second-order valence-corrected chi connectivity index (χ2v) is 7.54. The van der Waals surface area contributed by atoms with Crippen molar-refractivity contribution < 1.29 is 9.53 Å². The van der Waals surface area contributed by atoms with Crippen molar-refractivity contribution in [1.82, 2.24) is 10.6 Å². The van der Waals surface area contributed by atoms with E-state index in [-0.39, 0.29) is 12.1 Å². The summed E-state index contributed by atoms with van der Waals surface area (Å²) in [6.07, 6.45) is 2.91. The van der Waals surface area contributed by atoms with Crippen molar-refractivity contribution >= 4 is 6.09 Å². The van der Waals surface area contributed by atoms with Crippen LogP contribution in [0.2, 0.25) is 0 Å². The lowest BCUT2D eigenvalue weighted by molar-refractivity contribution is 0.0498. The minimum atomic E-state index is -0.454. The molecule has 128 valence electrons. The third kappa shape index (κ3) is 5.24. The van der Waals surface area contributed by atoms with Crippen molar-refractivity contribution in [3.05, 3.63) is 34.9 Å². The van der Waals surface area contributed by atoms with Gasteiger partial charge in [-0.05, 0) is 70.6 Å². The normalized spacial score (nSPS) is 21.3. The topological polar surface area (TPSA) is 50.4 Å². The van der Waals surface area contributed by atoms with Crippen LogP contribution in [0.4, 0.5) is 4.79 Å². The van der Waals surface area contributed by atoms with Gasteiger partial charge in [0.05, 0.1) is 0 Å². The Labute approximate surface area is 140 Å². The highest BCUT2D eigenvalue weighted by Crippen LogP contribution is 2.21. The average molecular weight is 318 g/mol. The maximum Gasteiger partial charge on any atom is 0.407 e. The monoisotopic (exact) mass is 318 g/mol. The second-order valence-electron chi connectivity index (χ2n) is 7.54. The summed E-state index contributed by atoms with van der Waals surface area (Å²) in [7, 11) is 0. The summed E-state index contributed by atoms with van der Waals surface area (Å²) < 4.78 is 5.37. The van der Waals surface area contributed by atoms with E-state index in [9.17, 15) is 4.79 Å². The Morgan fingerprint density at radius 1 is 1.17 bits per heavy atom. The van der Waals surface area contributed by atoms with Crippen LogP contribution in [0.5, 0.6) is 0 Å². The van der Waals surface area contributed by atoms with E-state index >= 15 is 0 Å². The van der Waals surface area contributed by atoms with E-state index in [2.05, 4.69) is 42.7 Å². The predicted octanol–water partition coefficient (Wildman–Crippen LogP) is 3.84. The zero-order valence-electron chi connectivity index (χ0n) is 15.0. The molecule has 1 amide bonds. The number of carbonyl (C=O) groups is 1. The van der Waals surface area contributed by atoms with E-state index in [1.165, 1.54) is 16.7 Å². The summed E-state index contributed by atoms with van der Waals surface area (Å²) in [6.45, 7) is 10.8. The fraction of sp³-hybridized carbons (Fsp3) is 0.632. The Bertz CT molecular complexity index is 529. The van der Waals surface area contributed by atoms with Gasteiger partial charge in [0.1, 0.15) is 5.60 Å². The molecule has 4 nitrogen and oxygen atoms in total. The Hall–Kier alpha value is -1.55. The van der Waals surface area contributed by atoms with E-state index in [4.69, 9.17) is 4.74 Å². The van der Waals surface area contributed by atoms with Gasteiger partial charge < -0.3 is 15.4 Å². The van der Waals surface area contributed by atoms with Crippen LogP contribution >= 0.6 is 0 Å². The van der Waals surface area contributed by atoms with Gasteiger partial charge in [0, 0.05) is 18.6 Å². The van der Waals surface area contributed by atoms with E-state index in [1.807, 2.05) is 20.8 Å². The number of hydrogen-bond acceptors (Lipinski definition) is 3. The zero-order valence-corrected chi connectivity index (χ0v) is 15.0. The molecule has 1 aliphatic rings. The Morgan fingerprint density at radius 2 is 1.78 bits per heavy atom. The molecule has 23 heavy (non-hydrogen) atoms. The summed E-state index contributed by atoms with van der Waals surface area (Å²) in [5.41, 5.74) is 3.53. The number of nitrogens with one attached hydrogen (secondary N) is 2.